The van der Waals surface area contributed by atoms with Crippen molar-refractivity contribution in [2.45, 2.75) is 6.10 Å². The zero-order valence-electron chi connectivity index (χ0n) is 10.9. The molecule has 0 fully saturated rings. The Kier molecular flexibility index (Phi) is 5.15. The van der Waals surface area contributed by atoms with Crippen molar-refractivity contribution in [1.82, 2.24) is 0 Å². The zero-order valence-corrected chi connectivity index (χ0v) is 10.9. The van der Waals surface area contributed by atoms with Gasteiger partial charge in [0, 0.05) is 0 Å². The van der Waals surface area contributed by atoms with E-state index in [0.29, 0.717) is 6.61 Å². The summed E-state index contributed by atoms with van der Waals surface area (Å²) in [5.41, 5.74) is 2.31. The first-order valence-electron chi connectivity index (χ1n) is 6.41. The van der Waals surface area contributed by atoms with Gasteiger partial charge in [0.1, 0.15) is 6.10 Å². The van der Waals surface area contributed by atoms with E-state index in [1.807, 2.05) is 60.7 Å². The predicted octanol–water partition coefficient (Wildman–Crippen LogP) is 4.64. The standard InChI is InChI=1S/C18H18O/c1-2-18(17-13-7-4-8-14-17)19-15-9-12-16-10-5-3-6-11-16/h2-14,18H,1,15H2/b12-9+. The van der Waals surface area contributed by atoms with E-state index >= 15 is 0 Å². The van der Waals surface area contributed by atoms with Crippen molar-refractivity contribution < 1.29 is 4.74 Å². The number of benzene rings is 2. The van der Waals surface area contributed by atoms with Crippen molar-refractivity contribution >= 4 is 6.08 Å². The van der Waals surface area contributed by atoms with Gasteiger partial charge < -0.3 is 4.74 Å². The Hall–Kier alpha value is -2.12. The van der Waals surface area contributed by atoms with E-state index in [0.717, 1.165) is 5.56 Å². The molecule has 2 aromatic rings. The maximum absolute atomic E-state index is 5.79. The van der Waals surface area contributed by atoms with E-state index in [-0.39, 0.29) is 6.10 Å². The van der Waals surface area contributed by atoms with Gasteiger partial charge in [-0.05, 0) is 11.1 Å². The van der Waals surface area contributed by atoms with Crippen LogP contribution in [0.25, 0.3) is 6.08 Å². The van der Waals surface area contributed by atoms with E-state index in [1.54, 1.807) is 0 Å². The maximum Gasteiger partial charge on any atom is 0.101 e. The van der Waals surface area contributed by atoms with Crippen molar-refractivity contribution in [2.24, 2.45) is 0 Å². The van der Waals surface area contributed by atoms with Gasteiger partial charge in [-0.1, -0.05) is 78.9 Å². The van der Waals surface area contributed by atoms with Crippen LogP contribution in [0.15, 0.2) is 79.4 Å². The molecule has 0 amide bonds. The Morgan fingerprint density at radius 1 is 0.947 bits per heavy atom. The Balaban J connectivity index is 1.88. The molecule has 19 heavy (non-hydrogen) atoms. The highest BCUT2D eigenvalue weighted by molar-refractivity contribution is 5.48. The van der Waals surface area contributed by atoms with Gasteiger partial charge in [-0.2, -0.15) is 0 Å². The number of ether oxygens (including phenoxy) is 1. The Morgan fingerprint density at radius 2 is 1.58 bits per heavy atom. The molecule has 0 saturated heterocycles. The largest absolute Gasteiger partial charge is 0.365 e. The van der Waals surface area contributed by atoms with E-state index in [2.05, 4.69) is 24.8 Å². The highest BCUT2D eigenvalue weighted by Crippen LogP contribution is 2.17. The van der Waals surface area contributed by atoms with E-state index in [1.165, 1.54) is 5.56 Å². The lowest BCUT2D eigenvalue weighted by atomic mass is 10.1. The molecular weight excluding hydrogens is 232 g/mol. The summed E-state index contributed by atoms with van der Waals surface area (Å²) in [4.78, 5) is 0. The second-order valence-corrected chi connectivity index (χ2v) is 4.21. The third-order valence-corrected chi connectivity index (χ3v) is 2.82. The first-order valence-corrected chi connectivity index (χ1v) is 6.41. The fraction of sp³-hybridized carbons (Fsp3) is 0.111. The minimum atomic E-state index is -0.0541. The summed E-state index contributed by atoms with van der Waals surface area (Å²) in [6.07, 6.45) is 5.85. The first-order chi connectivity index (χ1) is 9.40. The molecule has 1 heteroatoms. The van der Waals surface area contributed by atoms with Crippen LogP contribution in [-0.4, -0.2) is 6.61 Å². The van der Waals surface area contributed by atoms with Gasteiger partial charge >= 0.3 is 0 Å². The average Bonchev–Trinajstić information content (AvgIpc) is 2.49. The second-order valence-electron chi connectivity index (χ2n) is 4.21. The molecule has 0 radical (unpaired) electrons. The fourth-order valence-corrected chi connectivity index (χ4v) is 1.85. The molecule has 0 heterocycles. The molecule has 2 rings (SSSR count). The van der Waals surface area contributed by atoms with Crippen LogP contribution in [-0.2, 0) is 4.74 Å². The molecular formula is C18H18O. The summed E-state index contributed by atoms with van der Waals surface area (Å²) in [7, 11) is 0. The van der Waals surface area contributed by atoms with Crippen molar-refractivity contribution in [3.8, 4) is 0 Å². The molecule has 0 aliphatic carbocycles. The molecule has 1 nitrogen and oxygen atoms in total. The smallest absolute Gasteiger partial charge is 0.101 e. The van der Waals surface area contributed by atoms with Gasteiger partial charge in [0.25, 0.3) is 0 Å². The lowest BCUT2D eigenvalue weighted by Crippen LogP contribution is -2.00. The third-order valence-electron chi connectivity index (χ3n) is 2.82. The number of hydrogen-bond donors (Lipinski definition) is 0. The van der Waals surface area contributed by atoms with Crippen molar-refractivity contribution in [2.75, 3.05) is 6.61 Å². The van der Waals surface area contributed by atoms with Crippen LogP contribution in [0.3, 0.4) is 0 Å². The quantitative estimate of drug-likeness (QED) is 0.678. The fourth-order valence-electron chi connectivity index (χ4n) is 1.85. The topological polar surface area (TPSA) is 9.23 Å². The van der Waals surface area contributed by atoms with E-state index < -0.39 is 0 Å². The molecule has 0 aromatic heterocycles. The van der Waals surface area contributed by atoms with Crippen molar-refractivity contribution in [3.63, 3.8) is 0 Å². The molecule has 1 atom stereocenters. The molecule has 0 N–H and O–H groups in total. The van der Waals surface area contributed by atoms with Crippen LogP contribution in [0.2, 0.25) is 0 Å². The Morgan fingerprint density at radius 3 is 2.21 bits per heavy atom. The predicted molar refractivity (Wildman–Crippen MR) is 80.8 cm³/mol. The van der Waals surface area contributed by atoms with Gasteiger partial charge in [0.15, 0.2) is 0 Å². The molecule has 0 aliphatic rings. The minimum Gasteiger partial charge on any atom is -0.365 e. The molecule has 0 spiro atoms. The highest BCUT2D eigenvalue weighted by Gasteiger charge is 2.05. The first kappa shape index (κ1) is 13.3. The summed E-state index contributed by atoms with van der Waals surface area (Å²) in [6, 6.07) is 20.3. The minimum absolute atomic E-state index is 0.0541. The van der Waals surface area contributed by atoms with Gasteiger partial charge in [0.2, 0.25) is 0 Å². The monoisotopic (exact) mass is 250 g/mol. The lowest BCUT2D eigenvalue weighted by molar-refractivity contribution is 0.110. The summed E-state index contributed by atoms with van der Waals surface area (Å²) >= 11 is 0. The normalized spacial score (nSPS) is 12.4. The molecule has 0 aliphatic heterocycles. The van der Waals surface area contributed by atoms with Crippen LogP contribution in [0.5, 0.6) is 0 Å². The van der Waals surface area contributed by atoms with Crippen LogP contribution in [0.4, 0.5) is 0 Å². The van der Waals surface area contributed by atoms with Crippen molar-refractivity contribution in [1.29, 1.82) is 0 Å². The van der Waals surface area contributed by atoms with Crippen molar-refractivity contribution in [3.05, 3.63) is 90.5 Å². The summed E-state index contributed by atoms with van der Waals surface area (Å²) in [6.45, 7) is 4.40. The van der Waals surface area contributed by atoms with E-state index in [9.17, 15) is 0 Å². The van der Waals surface area contributed by atoms with E-state index in [4.69, 9.17) is 4.74 Å². The lowest BCUT2D eigenvalue weighted by Gasteiger charge is -2.12. The van der Waals surface area contributed by atoms with Gasteiger partial charge in [-0.15, -0.1) is 6.58 Å². The van der Waals surface area contributed by atoms with Crippen LogP contribution < -0.4 is 0 Å². The average molecular weight is 250 g/mol. The van der Waals surface area contributed by atoms with Crippen LogP contribution in [0.1, 0.15) is 17.2 Å². The number of rotatable bonds is 6. The Bertz CT molecular complexity index is 514. The molecule has 0 saturated carbocycles. The summed E-state index contributed by atoms with van der Waals surface area (Å²) < 4.78 is 5.79. The zero-order chi connectivity index (χ0) is 13.3. The third kappa shape index (κ3) is 4.23. The van der Waals surface area contributed by atoms with Crippen LogP contribution in [0, 0.1) is 0 Å². The van der Waals surface area contributed by atoms with Gasteiger partial charge in [-0.3, -0.25) is 0 Å². The molecule has 0 bridgehead atoms. The van der Waals surface area contributed by atoms with Crippen LogP contribution >= 0.6 is 0 Å². The molecule has 1 unspecified atom stereocenters. The maximum atomic E-state index is 5.79. The van der Waals surface area contributed by atoms with Gasteiger partial charge in [-0.25, -0.2) is 0 Å². The second kappa shape index (κ2) is 7.34. The SMILES string of the molecule is C=CC(OC/C=C/c1ccccc1)c1ccccc1. The molecule has 2 aromatic carbocycles. The number of hydrogen-bond acceptors (Lipinski definition) is 1. The Labute approximate surface area is 114 Å². The molecule has 96 valence electrons. The van der Waals surface area contributed by atoms with Gasteiger partial charge in [0.05, 0.1) is 6.61 Å². The summed E-state index contributed by atoms with van der Waals surface area (Å²) in [5.74, 6) is 0. The summed E-state index contributed by atoms with van der Waals surface area (Å²) in [5, 5.41) is 0. The highest BCUT2D eigenvalue weighted by atomic mass is 16.5.